The van der Waals surface area contributed by atoms with Gasteiger partial charge in [-0.2, -0.15) is 0 Å². The van der Waals surface area contributed by atoms with Crippen molar-refractivity contribution in [3.63, 3.8) is 0 Å². The fourth-order valence-electron chi connectivity index (χ4n) is 1.25. The van der Waals surface area contributed by atoms with Crippen molar-refractivity contribution in [2.45, 2.75) is 12.5 Å². The van der Waals surface area contributed by atoms with Crippen LogP contribution in [0.15, 0.2) is 30.2 Å². The zero-order chi connectivity index (χ0) is 13.6. The molecule has 0 aromatic carbocycles. The van der Waals surface area contributed by atoms with E-state index in [1.807, 2.05) is 11.4 Å². The molecule has 0 aliphatic carbocycles. The number of aliphatic hydroxyl groups is 1. The molecule has 1 heterocycles. The van der Waals surface area contributed by atoms with Gasteiger partial charge in [-0.25, -0.2) is 0 Å². The average molecular weight is 268 g/mol. The summed E-state index contributed by atoms with van der Waals surface area (Å²) in [7, 11) is 0. The summed E-state index contributed by atoms with van der Waals surface area (Å²) in [5, 5.41) is 16.7. The summed E-state index contributed by atoms with van der Waals surface area (Å²) in [4.78, 5) is 23.4. The van der Waals surface area contributed by atoms with Crippen LogP contribution in [0.3, 0.4) is 0 Å². The van der Waals surface area contributed by atoms with Crippen LogP contribution in [0, 0.1) is 0 Å². The summed E-state index contributed by atoms with van der Waals surface area (Å²) in [6.07, 6.45) is 1.48. The first-order chi connectivity index (χ1) is 8.47. The summed E-state index contributed by atoms with van der Waals surface area (Å²) in [5.74, 6) is -1.51. The lowest BCUT2D eigenvalue weighted by molar-refractivity contribution is -0.139. The number of carbonyl (C=O) groups is 2. The molecule has 18 heavy (non-hydrogen) atoms. The fourth-order valence-corrected chi connectivity index (χ4v) is 2.04. The number of carbonyl (C=O) groups excluding carboxylic acids is 2. The molecular weight excluding hydrogens is 252 g/mol. The van der Waals surface area contributed by atoms with Gasteiger partial charge in [0.25, 0.3) is 0 Å². The monoisotopic (exact) mass is 268 g/mol. The van der Waals surface area contributed by atoms with Crippen molar-refractivity contribution in [1.82, 2.24) is 10.6 Å². The predicted molar refractivity (Wildman–Crippen MR) is 70.1 cm³/mol. The van der Waals surface area contributed by atoms with Gasteiger partial charge in [-0.05, 0) is 18.4 Å². The third-order valence-electron chi connectivity index (χ3n) is 2.26. The second-order valence-corrected chi connectivity index (χ2v) is 4.88. The summed E-state index contributed by atoms with van der Waals surface area (Å²) in [6.45, 7) is 5.22. The minimum atomic E-state index is -1.18. The van der Waals surface area contributed by atoms with Crippen molar-refractivity contribution in [1.29, 1.82) is 0 Å². The minimum absolute atomic E-state index is 0.0200. The van der Waals surface area contributed by atoms with Crippen LogP contribution in [0.4, 0.5) is 0 Å². The van der Waals surface area contributed by atoms with E-state index < -0.39 is 17.4 Å². The Hall–Kier alpha value is -1.66. The van der Waals surface area contributed by atoms with E-state index in [1.54, 1.807) is 13.0 Å². The molecule has 1 aromatic rings. The highest BCUT2D eigenvalue weighted by atomic mass is 32.1. The highest BCUT2D eigenvalue weighted by Gasteiger charge is 2.26. The van der Waals surface area contributed by atoms with Gasteiger partial charge in [0.05, 0.1) is 6.54 Å². The molecule has 0 saturated carbocycles. The van der Waals surface area contributed by atoms with Crippen LogP contribution in [0.5, 0.6) is 0 Å². The lowest BCUT2D eigenvalue weighted by Crippen LogP contribution is -2.45. The average Bonchev–Trinajstić information content (AvgIpc) is 2.87. The molecule has 2 amide bonds. The number of hydrogen-bond acceptors (Lipinski definition) is 4. The second-order valence-electron chi connectivity index (χ2n) is 3.93. The quantitative estimate of drug-likeness (QED) is 0.533. The first-order valence-electron chi connectivity index (χ1n) is 5.40. The van der Waals surface area contributed by atoms with Crippen LogP contribution in [0.2, 0.25) is 0 Å². The van der Waals surface area contributed by atoms with Crippen molar-refractivity contribution in [3.8, 4) is 0 Å². The molecule has 0 saturated heterocycles. The number of hydrogen-bond donors (Lipinski definition) is 3. The summed E-state index contributed by atoms with van der Waals surface area (Å²) in [5.41, 5.74) is -1.18. The molecule has 0 fully saturated rings. The van der Waals surface area contributed by atoms with Gasteiger partial charge in [0.2, 0.25) is 0 Å². The second kappa shape index (κ2) is 6.32. The topological polar surface area (TPSA) is 78.4 Å². The molecule has 1 aromatic heterocycles. The van der Waals surface area contributed by atoms with Crippen molar-refractivity contribution in [2.24, 2.45) is 0 Å². The molecule has 0 aliphatic heterocycles. The van der Waals surface area contributed by atoms with Gasteiger partial charge in [-0.3, -0.25) is 9.59 Å². The Morgan fingerprint density at radius 2 is 2.17 bits per heavy atom. The van der Waals surface area contributed by atoms with E-state index in [0.29, 0.717) is 0 Å². The van der Waals surface area contributed by atoms with E-state index in [2.05, 4.69) is 17.2 Å². The van der Waals surface area contributed by atoms with E-state index in [-0.39, 0.29) is 13.1 Å². The highest BCUT2D eigenvalue weighted by molar-refractivity contribution is 7.10. The molecule has 6 heteroatoms. The van der Waals surface area contributed by atoms with Gasteiger partial charge >= 0.3 is 11.8 Å². The Balaban J connectivity index is 2.47. The van der Waals surface area contributed by atoms with Gasteiger partial charge in [-0.1, -0.05) is 12.1 Å². The van der Waals surface area contributed by atoms with Crippen molar-refractivity contribution in [2.75, 3.05) is 13.1 Å². The van der Waals surface area contributed by atoms with E-state index in [0.717, 1.165) is 4.88 Å². The molecule has 0 aliphatic rings. The molecular formula is C12H16N2O3S. The molecule has 98 valence electrons. The lowest BCUT2D eigenvalue weighted by atomic mass is 10.1. The molecule has 5 nitrogen and oxygen atoms in total. The molecule has 3 N–H and O–H groups in total. The van der Waals surface area contributed by atoms with Crippen LogP contribution in [-0.2, 0) is 15.2 Å². The van der Waals surface area contributed by atoms with Crippen molar-refractivity contribution >= 4 is 23.2 Å². The number of nitrogens with one attached hydrogen (secondary N) is 2. The van der Waals surface area contributed by atoms with E-state index in [9.17, 15) is 14.7 Å². The van der Waals surface area contributed by atoms with Crippen LogP contribution >= 0.6 is 11.3 Å². The maximum atomic E-state index is 11.4. The Morgan fingerprint density at radius 1 is 1.50 bits per heavy atom. The van der Waals surface area contributed by atoms with Crippen LogP contribution in [0.1, 0.15) is 11.8 Å². The van der Waals surface area contributed by atoms with Crippen LogP contribution in [0.25, 0.3) is 0 Å². The fraction of sp³-hybridized carbons (Fsp3) is 0.333. The smallest absolute Gasteiger partial charge is 0.309 e. The SMILES string of the molecule is C=CCNC(=O)C(=O)NCC(C)(O)c1cccs1. The lowest BCUT2D eigenvalue weighted by Gasteiger charge is -2.21. The number of rotatable bonds is 5. The highest BCUT2D eigenvalue weighted by Crippen LogP contribution is 2.24. The standard InChI is InChI=1S/C12H16N2O3S/c1-3-6-13-10(15)11(16)14-8-12(2,17)9-5-4-7-18-9/h3-5,7,17H,1,6,8H2,2H3,(H,13,15)(H,14,16). The third-order valence-corrected chi connectivity index (χ3v) is 3.38. The van der Waals surface area contributed by atoms with E-state index in [4.69, 9.17) is 0 Å². The van der Waals surface area contributed by atoms with Crippen molar-refractivity contribution in [3.05, 3.63) is 35.0 Å². The zero-order valence-corrected chi connectivity index (χ0v) is 10.9. The Morgan fingerprint density at radius 3 is 2.72 bits per heavy atom. The van der Waals surface area contributed by atoms with Gasteiger partial charge in [0, 0.05) is 11.4 Å². The zero-order valence-electron chi connectivity index (χ0n) is 10.1. The molecule has 0 spiro atoms. The van der Waals surface area contributed by atoms with Crippen LogP contribution in [-0.4, -0.2) is 30.0 Å². The van der Waals surface area contributed by atoms with Gasteiger partial charge in [0.1, 0.15) is 5.60 Å². The van der Waals surface area contributed by atoms with Gasteiger partial charge < -0.3 is 15.7 Å². The van der Waals surface area contributed by atoms with Gasteiger partial charge in [-0.15, -0.1) is 17.9 Å². The Kier molecular flexibility index (Phi) is 5.06. The first kappa shape index (κ1) is 14.4. The maximum Gasteiger partial charge on any atom is 0.309 e. The molecule has 1 atom stereocenters. The minimum Gasteiger partial charge on any atom is -0.383 e. The largest absolute Gasteiger partial charge is 0.383 e. The predicted octanol–water partition coefficient (Wildman–Crippen LogP) is 0.374. The third kappa shape index (κ3) is 3.97. The van der Waals surface area contributed by atoms with E-state index >= 15 is 0 Å². The van der Waals surface area contributed by atoms with Crippen LogP contribution < -0.4 is 10.6 Å². The number of amides is 2. The first-order valence-corrected chi connectivity index (χ1v) is 6.28. The molecule has 0 radical (unpaired) electrons. The normalized spacial score (nSPS) is 13.4. The Labute approximate surface area is 110 Å². The molecule has 0 bridgehead atoms. The summed E-state index contributed by atoms with van der Waals surface area (Å²) in [6, 6.07) is 3.59. The van der Waals surface area contributed by atoms with E-state index in [1.165, 1.54) is 17.4 Å². The summed E-state index contributed by atoms with van der Waals surface area (Å²) >= 11 is 1.39. The maximum absolute atomic E-state index is 11.4. The van der Waals surface area contributed by atoms with Gasteiger partial charge in [0.15, 0.2) is 0 Å². The molecule has 1 rings (SSSR count). The van der Waals surface area contributed by atoms with Crippen molar-refractivity contribution < 1.29 is 14.7 Å². The molecule has 1 unspecified atom stereocenters. The number of thiophene rings is 1. The Bertz CT molecular complexity index is 427. The summed E-state index contributed by atoms with van der Waals surface area (Å²) < 4.78 is 0.